The summed E-state index contributed by atoms with van der Waals surface area (Å²) in [5, 5.41) is 72.1. The van der Waals surface area contributed by atoms with E-state index < -0.39 is 99.3 Å². The number of aliphatic hydroxyl groups excluding tert-OH is 7. The zero-order valence-corrected chi connectivity index (χ0v) is 41.3. The first-order valence-electron chi connectivity index (χ1n) is 25.9. The summed E-state index contributed by atoms with van der Waals surface area (Å²) in [5.41, 5.74) is 0. The molecule has 2 aliphatic rings. The number of aliphatic hydroxyl groups is 7. The molecule has 2 fully saturated rings. The standard InChI is InChI=1S/C53H90O15/c1-3-5-7-9-11-13-15-17-19-20-22-23-25-27-29-31-33-35-44(55)63-38-41(66-45(56)36-34-32-30-28-26-24-21-18-16-14-12-10-8-6-4-2)39-64-52-51(62)49(60)47(58)43(68-52)40-65-53-50(61)48(59)46(57)42(37-54)67-53/h11,13,17,19,22-24,26-27,29,41-43,46-54,57-62H,3-10,12,14-16,18,20-21,25,28,30-40H2,1-2H3/b13-11+,19-17+,23-22+,26-24+,29-27+/t41-,42+,43+,46-,47-,48?,49?,50?,51?,52+,53+/m0/s1. The zero-order chi connectivity index (χ0) is 49.6. The lowest BCUT2D eigenvalue weighted by molar-refractivity contribution is -0.332. The van der Waals surface area contributed by atoms with Crippen LogP contribution in [0.1, 0.15) is 168 Å². The molecular formula is C53H90O15. The largest absolute Gasteiger partial charge is 0.462 e. The molecule has 0 radical (unpaired) electrons. The maximum Gasteiger partial charge on any atom is 0.306 e. The van der Waals surface area contributed by atoms with E-state index >= 15 is 0 Å². The quantitative estimate of drug-likeness (QED) is 0.0183. The van der Waals surface area contributed by atoms with Crippen LogP contribution in [0.4, 0.5) is 0 Å². The first-order valence-corrected chi connectivity index (χ1v) is 25.9. The van der Waals surface area contributed by atoms with Gasteiger partial charge in [-0.05, 0) is 77.0 Å². The number of allylic oxidation sites excluding steroid dienone is 10. The van der Waals surface area contributed by atoms with Crippen LogP contribution in [0, 0.1) is 0 Å². The van der Waals surface area contributed by atoms with Gasteiger partial charge in [0.15, 0.2) is 18.7 Å². The molecule has 15 heteroatoms. The summed E-state index contributed by atoms with van der Waals surface area (Å²) in [5.74, 6) is -1.01. The number of rotatable bonds is 39. The molecule has 2 heterocycles. The highest BCUT2D eigenvalue weighted by Crippen LogP contribution is 2.26. The molecular weight excluding hydrogens is 877 g/mol. The number of hydrogen-bond donors (Lipinski definition) is 7. The Kier molecular flexibility index (Phi) is 36.0. The first kappa shape index (κ1) is 61.3. The Hall–Kier alpha value is -2.80. The maximum absolute atomic E-state index is 13.0. The number of carbonyl (C=O) groups is 2. The van der Waals surface area contributed by atoms with Crippen molar-refractivity contribution in [1.29, 1.82) is 0 Å². The van der Waals surface area contributed by atoms with Crippen molar-refractivity contribution in [3.8, 4) is 0 Å². The Morgan fingerprint density at radius 1 is 0.471 bits per heavy atom. The number of carbonyl (C=O) groups excluding carboxylic acids is 2. The first-order chi connectivity index (χ1) is 33.0. The lowest BCUT2D eigenvalue weighted by atomic mass is 9.98. The Balaban J connectivity index is 1.85. The van der Waals surface area contributed by atoms with E-state index in [2.05, 4.69) is 68.5 Å². The molecule has 2 saturated heterocycles. The second-order valence-corrected chi connectivity index (χ2v) is 18.0. The Bertz CT molecular complexity index is 1420. The van der Waals surface area contributed by atoms with E-state index in [0.717, 1.165) is 51.4 Å². The highest BCUT2D eigenvalue weighted by molar-refractivity contribution is 5.70. The van der Waals surface area contributed by atoms with Crippen LogP contribution in [-0.2, 0) is 38.0 Å². The normalized spacial score (nSPS) is 26.2. The minimum Gasteiger partial charge on any atom is -0.462 e. The van der Waals surface area contributed by atoms with Gasteiger partial charge in [-0.2, -0.15) is 0 Å². The van der Waals surface area contributed by atoms with Crippen LogP contribution in [0.25, 0.3) is 0 Å². The van der Waals surface area contributed by atoms with E-state index in [1.165, 1.54) is 70.6 Å². The predicted molar refractivity (Wildman–Crippen MR) is 261 cm³/mol. The summed E-state index contributed by atoms with van der Waals surface area (Å²) in [6.07, 6.45) is 28.3. The topological polar surface area (TPSA) is 231 Å². The fourth-order valence-corrected chi connectivity index (χ4v) is 7.67. The molecule has 0 aromatic heterocycles. The molecule has 11 atom stereocenters. The van der Waals surface area contributed by atoms with Crippen LogP contribution < -0.4 is 0 Å². The molecule has 0 aliphatic carbocycles. The van der Waals surface area contributed by atoms with Crippen molar-refractivity contribution in [2.45, 2.75) is 235 Å². The van der Waals surface area contributed by atoms with Gasteiger partial charge in [-0.3, -0.25) is 9.59 Å². The molecule has 0 amide bonds. The van der Waals surface area contributed by atoms with E-state index in [0.29, 0.717) is 19.3 Å². The van der Waals surface area contributed by atoms with E-state index in [1.807, 2.05) is 6.08 Å². The van der Waals surface area contributed by atoms with Crippen molar-refractivity contribution in [1.82, 2.24) is 0 Å². The number of hydrogen-bond acceptors (Lipinski definition) is 15. The molecule has 0 spiro atoms. The van der Waals surface area contributed by atoms with Crippen molar-refractivity contribution in [2.75, 3.05) is 26.4 Å². The molecule has 0 aromatic carbocycles. The van der Waals surface area contributed by atoms with E-state index in [4.69, 9.17) is 28.4 Å². The predicted octanol–water partition coefficient (Wildman–Crippen LogP) is 7.27. The Labute approximate surface area is 407 Å². The van der Waals surface area contributed by atoms with Crippen LogP contribution in [0.5, 0.6) is 0 Å². The second kappa shape index (κ2) is 39.9. The van der Waals surface area contributed by atoms with Crippen LogP contribution in [0.15, 0.2) is 60.8 Å². The molecule has 392 valence electrons. The fourth-order valence-electron chi connectivity index (χ4n) is 7.67. The minimum absolute atomic E-state index is 0.131. The lowest BCUT2D eigenvalue weighted by Gasteiger charge is -2.42. The van der Waals surface area contributed by atoms with E-state index in [-0.39, 0.29) is 19.4 Å². The smallest absolute Gasteiger partial charge is 0.306 e. The third kappa shape index (κ3) is 27.6. The number of esters is 2. The lowest BCUT2D eigenvalue weighted by Crippen LogP contribution is -2.61. The molecule has 0 aromatic rings. The van der Waals surface area contributed by atoms with Gasteiger partial charge in [0.1, 0.15) is 55.4 Å². The fraction of sp³-hybridized carbons (Fsp3) is 0.774. The highest BCUT2D eigenvalue weighted by Gasteiger charge is 2.47. The third-order valence-electron chi connectivity index (χ3n) is 12.0. The summed E-state index contributed by atoms with van der Waals surface area (Å²) >= 11 is 0. The van der Waals surface area contributed by atoms with Gasteiger partial charge < -0.3 is 64.2 Å². The van der Waals surface area contributed by atoms with Crippen LogP contribution in [0.3, 0.4) is 0 Å². The third-order valence-corrected chi connectivity index (χ3v) is 12.0. The van der Waals surface area contributed by atoms with Crippen LogP contribution in [-0.4, -0.2) is 142 Å². The van der Waals surface area contributed by atoms with Gasteiger partial charge in [0.25, 0.3) is 0 Å². The van der Waals surface area contributed by atoms with Gasteiger partial charge >= 0.3 is 11.9 Å². The Morgan fingerprint density at radius 2 is 0.897 bits per heavy atom. The zero-order valence-electron chi connectivity index (χ0n) is 41.3. The van der Waals surface area contributed by atoms with Crippen molar-refractivity contribution in [3.05, 3.63) is 60.8 Å². The maximum atomic E-state index is 13.0. The van der Waals surface area contributed by atoms with Gasteiger partial charge in [-0.1, -0.05) is 139 Å². The van der Waals surface area contributed by atoms with Crippen molar-refractivity contribution < 1.29 is 73.8 Å². The highest BCUT2D eigenvalue weighted by atomic mass is 16.7. The number of unbranched alkanes of at least 4 members (excludes halogenated alkanes) is 15. The monoisotopic (exact) mass is 967 g/mol. The molecule has 0 bridgehead atoms. The van der Waals surface area contributed by atoms with E-state index in [9.17, 15) is 45.3 Å². The average molecular weight is 967 g/mol. The van der Waals surface area contributed by atoms with Gasteiger partial charge in [0, 0.05) is 12.8 Å². The number of ether oxygens (including phenoxy) is 6. The Morgan fingerprint density at radius 3 is 1.47 bits per heavy atom. The second-order valence-electron chi connectivity index (χ2n) is 18.0. The average Bonchev–Trinajstić information content (AvgIpc) is 3.33. The summed E-state index contributed by atoms with van der Waals surface area (Å²) in [7, 11) is 0. The van der Waals surface area contributed by atoms with Gasteiger partial charge in [0.05, 0.1) is 19.8 Å². The molecule has 0 saturated carbocycles. The molecule has 2 rings (SSSR count). The van der Waals surface area contributed by atoms with Crippen molar-refractivity contribution in [3.63, 3.8) is 0 Å². The minimum atomic E-state index is -1.78. The van der Waals surface area contributed by atoms with Crippen LogP contribution in [0.2, 0.25) is 0 Å². The van der Waals surface area contributed by atoms with Crippen molar-refractivity contribution >= 4 is 11.9 Å². The van der Waals surface area contributed by atoms with Gasteiger partial charge in [-0.25, -0.2) is 0 Å². The van der Waals surface area contributed by atoms with Gasteiger partial charge in [0.2, 0.25) is 0 Å². The molecule has 2 aliphatic heterocycles. The summed E-state index contributed by atoms with van der Waals surface area (Å²) in [6.45, 7) is 2.48. The van der Waals surface area contributed by atoms with Crippen LogP contribution >= 0.6 is 0 Å². The molecule has 68 heavy (non-hydrogen) atoms. The van der Waals surface area contributed by atoms with Crippen molar-refractivity contribution in [2.24, 2.45) is 0 Å². The SMILES string of the molecule is CCCCC/C=C/C/C=C/C/C=C/C/C=C/CCCC(=O)OC[C@@H](CO[C@@H]1O[C@H](CO[C@@H]2O[C@H](CO)[C@H](O)C(O)C2O)[C@H](O)C(O)C1O)OC(=O)CCCCC/C=C/CCCCCCCCCC. The van der Waals surface area contributed by atoms with Gasteiger partial charge in [-0.15, -0.1) is 0 Å². The van der Waals surface area contributed by atoms with E-state index in [1.54, 1.807) is 0 Å². The molecule has 4 unspecified atom stereocenters. The summed E-state index contributed by atoms with van der Waals surface area (Å²) < 4.78 is 33.5. The molecule has 7 N–H and O–H groups in total. The molecule has 15 nitrogen and oxygen atoms in total. The summed E-state index contributed by atoms with van der Waals surface area (Å²) in [4.78, 5) is 25.7. The summed E-state index contributed by atoms with van der Waals surface area (Å²) in [6, 6.07) is 0.